The molecule has 0 saturated carbocycles. The van der Waals surface area contributed by atoms with E-state index in [2.05, 4.69) is 29.8 Å². The minimum atomic E-state index is -0.185. The average molecular weight is 276 g/mol. The summed E-state index contributed by atoms with van der Waals surface area (Å²) in [6, 6.07) is 0. The summed E-state index contributed by atoms with van der Waals surface area (Å²) in [6.07, 6.45) is 0.826. The maximum atomic E-state index is 12.1. The number of amides is 1. The molecular weight excluding hydrogens is 258 g/mol. The SMILES string of the molecule is CC1CN(C(=O)C2OCCC2C)CC1Br. The first-order chi connectivity index (χ1) is 7.09. The Bertz CT molecular complexity index is 249. The molecule has 4 unspecified atom stereocenters. The first kappa shape index (κ1) is 11.4. The lowest BCUT2D eigenvalue weighted by atomic mass is 10.0. The van der Waals surface area contributed by atoms with Crippen LogP contribution >= 0.6 is 15.9 Å². The summed E-state index contributed by atoms with van der Waals surface area (Å²) in [6.45, 7) is 6.69. The van der Waals surface area contributed by atoms with E-state index in [4.69, 9.17) is 4.74 Å². The number of hydrogen-bond donors (Lipinski definition) is 0. The van der Waals surface area contributed by atoms with E-state index in [1.165, 1.54) is 0 Å². The van der Waals surface area contributed by atoms with Crippen LogP contribution in [-0.4, -0.2) is 41.4 Å². The molecule has 2 heterocycles. The molecule has 0 aromatic carbocycles. The lowest BCUT2D eigenvalue weighted by molar-refractivity contribution is -0.141. The number of rotatable bonds is 1. The van der Waals surface area contributed by atoms with Gasteiger partial charge in [-0.2, -0.15) is 0 Å². The van der Waals surface area contributed by atoms with E-state index in [1.54, 1.807) is 0 Å². The zero-order valence-electron chi connectivity index (χ0n) is 9.28. The fraction of sp³-hybridized carbons (Fsp3) is 0.909. The third kappa shape index (κ3) is 2.21. The number of carbonyl (C=O) groups excluding carboxylic acids is 1. The van der Waals surface area contributed by atoms with Gasteiger partial charge in [-0.1, -0.05) is 29.8 Å². The van der Waals surface area contributed by atoms with Gasteiger partial charge in [-0.25, -0.2) is 0 Å². The lowest BCUT2D eigenvalue weighted by Crippen LogP contribution is -2.40. The molecule has 2 aliphatic rings. The average Bonchev–Trinajstić information content (AvgIpc) is 2.74. The molecule has 0 aromatic heterocycles. The Morgan fingerprint density at radius 1 is 1.33 bits per heavy atom. The molecule has 2 aliphatic heterocycles. The Morgan fingerprint density at radius 2 is 2.07 bits per heavy atom. The van der Waals surface area contributed by atoms with Gasteiger partial charge in [0, 0.05) is 24.5 Å². The van der Waals surface area contributed by atoms with Crippen LogP contribution < -0.4 is 0 Å². The molecule has 4 atom stereocenters. The lowest BCUT2D eigenvalue weighted by Gasteiger charge is -2.22. The second-order valence-corrected chi connectivity index (χ2v) is 5.97. The molecule has 0 bridgehead atoms. The second-order valence-electron chi connectivity index (χ2n) is 4.79. The van der Waals surface area contributed by atoms with E-state index in [9.17, 15) is 4.79 Å². The maximum absolute atomic E-state index is 12.1. The molecule has 15 heavy (non-hydrogen) atoms. The minimum Gasteiger partial charge on any atom is -0.368 e. The topological polar surface area (TPSA) is 29.5 Å². The van der Waals surface area contributed by atoms with Crippen molar-refractivity contribution in [3.05, 3.63) is 0 Å². The highest BCUT2D eigenvalue weighted by Crippen LogP contribution is 2.27. The highest BCUT2D eigenvalue weighted by molar-refractivity contribution is 9.09. The van der Waals surface area contributed by atoms with E-state index < -0.39 is 0 Å². The minimum absolute atomic E-state index is 0.185. The first-order valence-electron chi connectivity index (χ1n) is 5.64. The largest absolute Gasteiger partial charge is 0.368 e. The number of likely N-dealkylation sites (tertiary alicyclic amines) is 1. The Balaban J connectivity index is 1.97. The number of carbonyl (C=O) groups is 1. The third-order valence-electron chi connectivity index (χ3n) is 3.46. The van der Waals surface area contributed by atoms with Crippen LogP contribution in [0.1, 0.15) is 20.3 Å². The normalized spacial score (nSPS) is 41.1. The van der Waals surface area contributed by atoms with Crippen LogP contribution in [0.15, 0.2) is 0 Å². The standard InChI is InChI=1S/C11H18BrNO2/c1-7-3-4-15-10(7)11(14)13-5-8(2)9(12)6-13/h7-10H,3-6H2,1-2H3. The summed E-state index contributed by atoms with van der Waals surface area (Å²) in [5.41, 5.74) is 0. The van der Waals surface area contributed by atoms with Crippen LogP contribution in [0.25, 0.3) is 0 Å². The Labute approximate surface area is 99.3 Å². The van der Waals surface area contributed by atoms with Gasteiger partial charge in [-0.05, 0) is 18.3 Å². The summed E-state index contributed by atoms with van der Waals surface area (Å²) >= 11 is 3.60. The predicted molar refractivity (Wildman–Crippen MR) is 62.0 cm³/mol. The van der Waals surface area contributed by atoms with E-state index in [1.807, 2.05) is 4.90 Å². The fourth-order valence-electron chi connectivity index (χ4n) is 2.30. The summed E-state index contributed by atoms with van der Waals surface area (Å²) in [7, 11) is 0. The Morgan fingerprint density at radius 3 is 2.53 bits per heavy atom. The summed E-state index contributed by atoms with van der Waals surface area (Å²) < 4.78 is 5.50. The molecule has 2 rings (SSSR count). The quantitative estimate of drug-likeness (QED) is 0.682. The van der Waals surface area contributed by atoms with Gasteiger partial charge in [0.2, 0.25) is 0 Å². The number of nitrogens with zero attached hydrogens (tertiary/aromatic N) is 1. The van der Waals surface area contributed by atoms with Crippen LogP contribution in [0.4, 0.5) is 0 Å². The van der Waals surface area contributed by atoms with Crippen LogP contribution in [0.3, 0.4) is 0 Å². The van der Waals surface area contributed by atoms with Crippen LogP contribution in [0, 0.1) is 11.8 Å². The smallest absolute Gasteiger partial charge is 0.252 e. The number of ether oxygens (including phenoxy) is 1. The number of alkyl halides is 1. The summed E-state index contributed by atoms with van der Waals surface area (Å²) in [5.74, 6) is 1.11. The van der Waals surface area contributed by atoms with Gasteiger partial charge in [-0.15, -0.1) is 0 Å². The molecule has 0 spiro atoms. The third-order valence-corrected chi connectivity index (χ3v) is 4.66. The first-order valence-corrected chi connectivity index (χ1v) is 6.55. The van der Waals surface area contributed by atoms with Crippen molar-refractivity contribution in [1.29, 1.82) is 0 Å². The monoisotopic (exact) mass is 275 g/mol. The number of hydrogen-bond acceptors (Lipinski definition) is 2. The van der Waals surface area contributed by atoms with E-state index >= 15 is 0 Å². The molecule has 2 fully saturated rings. The van der Waals surface area contributed by atoms with Crippen molar-refractivity contribution in [3.63, 3.8) is 0 Å². The highest BCUT2D eigenvalue weighted by Gasteiger charge is 2.38. The maximum Gasteiger partial charge on any atom is 0.252 e. The van der Waals surface area contributed by atoms with Crippen molar-refractivity contribution in [2.45, 2.75) is 31.2 Å². The number of halogens is 1. The zero-order valence-corrected chi connectivity index (χ0v) is 10.9. The van der Waals surface area contributed by atoms with Crippen molar-refractivity contribution in [3.8, 4) is 0 Å². The van der Waals surface area contributed by atoms with Gasteiger partial charge < -0.3 is 9.64 Å². The van der Waals surface area contributed by atoms with Crippen LogP contribution in [-0.2, 0) is 9.53 Å². The molecular formula is C11H18BrNO2. The van der Waals surface area contributed by atoms with Crippen LogP contribution in [0.2, 0.25) is 0 Å². The molecule has 1 amide bonds. The molecule has 3 nitrogen and oxygen atoms in total. The molecule has 4 heteroatoms. The van der Waals surface area contributed by atoms with Crippen molar-refractivity contribution in [2.24, 2.45) is 11.8 Å². The van der Waals surface area contributed by atoms with Crippen molar-refractivity contribution >= 4 is 21.8 Å². The van der Waals surface area contributed by atoms with Gasteiger partial charge in [0.1, 0.15) is 6.10 Å². The van der Waals surface area contributed by atoms with E-state index in [0.717, 1.165) is 26.1 Å². The van der Waals surface area contributed by atoms with Crippen molar-refractivity contribution in [1.82, 2.24) is 4.90 Å². The fourth-order valence-corrected chi connectivity index (χ4v) is 2.81. The van der Waals surface area contributed by atoms with E-state index in [-0.39, 0.29) is 12.0 Å². The Kier molecular flexibility index (Phi) is 3.36. The van der Waals surface area contributed by atoms with E-state index in [0.29, 0.717) is 16.7 Å². The molecule has 0 aliphatic carbocycles. The highest BCUT2D eigenvalue weighted by atomic mass is 79.9. The predicted octanol–water partition coefficient (Wildman–Crippen LogP) is 1.65. The van der Waals surface area contributed by atoms with Gasteiger partial charge in [0.25, 0.3) is 5.91 Å². The molecule has 0 N–H and O–H groups in total. The molecule has 2 saturated heterocycles. The van der Waals surface area contributed by atoms with Gasteiger partial charge in [0.05, 0.1) is 0 Å². The van der Waals surface area contributed by atoms with Crippen molar-refractivity contribution in [2.75, 3.05) is 19.7 Å². The Hall–Kier alpha value is -0.0900. The zero-order chi connectivity index (χ0) is 11.0. The molecule has 0 aromatic rings. The van der Waals surface area contributed by atoms with Crippen LogP contribution in [0.5, 0.6) is 0 Å². The van der Waals surface area contributed by atoms with Gasteiger partial charge in [0.15, 0.2) is 0 Å². The second kappa shape index (κ2) is 4.42. The summed E-state index contributed by atoms with van der Waals surface area (Å²) in [4.78, 5) is 14.5. The van der Waals surface area contributed by atoms with Gasteiger partial charge >= 0.3 is 0 Å². The molecule has 0 radical (unpaired) electrons. The van der Waals surface area contributed by atoms with Crippen molar-refractivity contribution < 1.29 is 9.53 Å². The molecule has 86 valence electrons. The summed E-state index contributed by atoms with van der Waals surface area (Å²) in [5, 5.41) is 0. The van der Waals surface area contributed by atoms with Gasteiger partial charge in [-0.3, -0.25) is 4.79 Å².